The fourth-order valence-electron chi connectivity index (χ4n) is 1.50. The summed E-state index contributed by atoms with van der Waals surface area (Å²) >= 11 is 5.65. The molecule has 0 fully saturated rings. The predicted molar refractivity (Wildman–Crippen MR) is 66.2 cm³/mol. The van der Waals surface area contributed by atoms with E-state index in [1.807, 2.05) is 6.07 Å². The van der Waals surface area contributed by atoms with E-state index >= 15 is 0 Å². The lowest BCUT2D eigenvalue weighted by Gasteiger charge is -2.01. The highest BCUT2D eigenvalue weighted by Gasteiger charge is 2.09. The molecule has 2 aromatic rings. The fourth-order valence-corrected chi connectivity index (χ4v) is 1.66. The van der Waals surface area contributed by atoms with Gasteiger partial charge in [0.15, 0.2) is 5.78 Å². The van der Waals surface area contributed by atoms with Crippen molar-refractivity contribution in [1.29, 1.82) is 5.26 Å². The maximum atomic E-state index is 12.0. The molecule has 1 heterocycles. The van der Waals surface area contributed by atoms with Crippen LogP contribution < -0.4 is 0 Å². The molecule has 0 N–H and O–H groups in total. The number of rotatable bonds is 3. The SMILES string of the molecule is N#Cc1cccc(C(=O)Cc2ccnc(Cl)n2)c1. The first-order valence-corrected chi connectivity index (χ1v) is 5.57. The van der Waals surface area contributed by atoms with Crippen molar-refractivity contribution in [2.75, 3.05) is 0 Å². The van der Waals surface area contributed by atoms with Gasteiger partial charge in [-0.2, -0.15) is 5.26 Å². The largest absolute Gasteiger partial charge is 0.294 e. The highest BCUT2D eigenvalue weighted by Crippen LogP contribution is 2.09. The topological polar surface area (TPSA) is 66.6 Å². The Morgan fingerprint density at radius 2 is 2.22 bits per heavy atom. The van der Waals surface area contributed by atoms with E-state index in [0.29, 0.717) is 16.8 Å². The van der Waals surface area contributed by atoms with Crippen molar-refractivity contribution in [2.45, 2.75) is 6.42 Å². The van der Waals surface area contributed by atoms with Crippen LogP contribution in [0.3, 0.4) is 0 Å². The van der Waals surface area contributed by atoms with Gasteiger partial charge in [0.05, 0.1) is 23.7 Å². The fraction of sp³-hybridized carbons (Fsp3) is 0.0769. The molecule has 2 rings (SSSR count). The number of nitriles is 1. The van der Waals surface area contributed by atoms with Crippen LogP contribution in [-0.2, 0) is 6.42 Å². The lowest BCUT2D eigenvalue weighted by Crippen LogP contribution is -2.05. The number of hydrogen-bond donors (Lipinski definition) is 0. The lowest BCUT2D eigenvalue weighted by molar-refractivity contribution is 0.0992. The molecule has 88 valence electrons. The van der Waals surface area contributed by atoms with Crippen LogP contribution in [-0.4, -0.2) is 15.8 Å². The minimum Gasteiger partial charge on any atom is -0.294 e. The van der Waals surface area contributed by atoms with Crippen LogP contribution in [0.4, 0.5) is 0 Å². The maximum Gasteiger partial charge on any atom is 0.222 e. The Morgan fingerprint density at radius 1 is 1.39 bits per heavy atom. The van der Waals surface area contributed by atoms with Crippen molar-refractivity contribution in [3.63, 3.8) is 0 Å². The molecule has 0 aliphatic carbocycles. The monoisotopic (exact) mass is 257 g/mol. The number of ketones is 1. The van der Waals surface area contributed by atoms with Crippen molar-refractivity contribution in [2.24, 2.45) is 0 Å². The van der Waals surface area contributed by atoms with Crippen LogP contribution in [0.15, 0.2) is 36.5 Å². The van der Waals surface area contributed by atoms with Crippen molar-refractivity contribution < 1.29 is 4.79 Å². The van der Waals surface area contributed by atoms with Gasteiger partial charge < -0.3 is 0 Å². The normalized spacial score (nSPS) is 9.78. The Kier molecular flexibility index (Phi) is 3.66. The molecule has 1 aromatic carbocycles. The van der Waals surface area contributed by atoms with E-state index in [-0.39, 0.29) is 17.5 Å². The van der Waals surface area contributed by atoms with Gasteiger partial charge in [0.25, 0.3) is 0 Å². The highest BCUT2D eigenvalue weighted by molar-refractivity contribution is 6.28. The first kappa shape index (κ1) is 12.2. The number of Topliss-reactive ketones (excluding diaryl/α,β-unsaturated/α-hetero) is 1. The van der Waals surface area contributed by atoms with E-state index in [1.165, 1.54) is 6.20 Å². The summed E-state index contributed by atoms with van der Waals surface area (Å²) in [7, 11) is 0. The standard InChI is InChI=1S/C13H8ClN3O/c14-13-16-5-4-11(17-13)7-12(18)10-3-1-2-9(6-10)8-15/h1-6H,7H2. The summed E-state index contributed by atoms with van der Waals surface area (Å²) in [6, 6.07) is 10.2. The molecular formula is C13H8ClN3O. The van der Waals surface area contributed by atoms with Gasteiger partial charge in [-0.25, -0.2) is 9.97 Å². The van der Waals surface area contributed by atoms with E-state index in [2.05, 4.69) is 9.97 Å². The molecule has 0 saturated carbocycles. The Labute approximate surface area is 109 Å². The minimum atomic E-state index is -0.109. The number of benzene rings is 1. The third-order valence-electron chi connectivity index (χ3n) is 2.34. The second-order valence-electron chi connectivity index (χ2n) is 3.61. The third kappa shape index (κ3) is 2.90. The Balaban J connectivity index is 2.20. The molecule has 0 aliphatic rings. The molecule has 0 bridgehead atoms. The number of nitrogens with zero attached hydrogens (tertiary/aromatic N) is 3. The Morgan fingerprint density at radius 3 is 2.94 bits per heavy atom. The summed E-state index contributed by atoms with van der Waals surface area (Å²) in [4.78, 5) is 19.7. The van der Waals surface area contributed by atoms with Crippen LogP contribution >= 0.6 is 11.6 Å². The Hall–Kier alpha value is -2.25. The van der Waals surface area contributed by atoms with Crippen LogP contribution in [0.25, 0.3) is 0 Å². The molecule has 0 unspecified atom stereocenters. The van der Waals surface area contributed by atoms with Gasteiger partial charge >= 0.3 is 0 Å². The zero-order valence-corrected chi connectivity index (χ0v) is 10.1. The van der Waals surface area contributed by atoms with Crippen molar-refractivity contribution in [3.05, 3.63) is 58.6 Å². The third-order valence-corrected chi connectivity index (χ3v) is 2.52. The molecule has 0 saturated heterocycles. The Bertz CT molecular complexity index is 634. The molecule has 0 aliphatic heterocycles. The van der Waals surface area contributed by atoms with Gasteiger partial charge in [-0.05, 0) is 29.8 Å². The molecular weight excluding hydrogens is 250 g/mol. The van der Waals surface area contributed by atoms with Crippen molar-refractivity contribution in [3.8, 4) is 6.07 Å². The van der Waals surface area contributed by atoms with Gasteiger partial charge in [0.2, 0.25) is 5.28 Å². The number of halogens is 1. The average Bonchev–Trinajstić information content (AvgIpc) is 2.39. The first-order valence-electron chi connectivity index (χ1n) is 5.20. The maximum absolute atomic E-state index is 12.0. The number of carbonyl (C=O) groups excluding carboxylic acids is 1. The van der Waals surface area contributed by atoms with Gasteiger partial charge in [-0.15, -0.1) is 0 Å². The van der Waals surface area contributed by atoms with Crippen molar-refractivity contribution >= 4 is 17.4 Å². The lowest BCUT2D eigenvalue weighted by atomic mass is 10.0. The predicted octanol–water partition coefficient (Wildman–Crippen LogP) is 2.43. The summed E-state index contributed by atoms with van der Waals surface area (Å²) in [5.41, 5.74) is 1.51. The summed E-state index contributed by atoms with van der Waals surface area (Å²) in [6.07, 6.45) is 1.64. The average molecular weight is 258 g/mol. The van der Waals surface area contributed by atoms with Gasteiger partial charge in [0.1, 0.15) is 0 Å². The molecule has 1 aromatic heterocycles. The first-order chi connectivity index (χ1) is 8.69. The van der Waals surface area contributed by atoms with E-state index < -0.39 is 0 Å². The zero-order chi connectivity index (χ0) is 13.0. The van der Waals surface area contributed by atoms with Crippen molar-refractivity contribution in [1.82, 2.24) is 9.97 Å². The molecule has 0 atom stereocenters. The summed E-state index contributed by atoms with van der Waals surface area (Å²) in [5, 5.41) is 8.89. The number of hydrogen-bond acceptors (Lipinski definition) is 4. The smallest absolute Gasteiger partial charge is 0.222 e. The summed E-state index contributed by atoms with van der Waals surface area (Å²) in [5.74, 6) is -0.109. The molecule has 0 radical (unpaired) electrons. The molecule has 5 heteroatoms. The summed E-state index contributed by atoms with van der Waals surface area (Å²) in [6.45, 7) is 0. The minimum absolute atomic E-state index is 0.109. The van der Waals surface area contributed by atoms with E-state index in [1.54, 1.807) is 30.3 Å². The van der Waals surface area contributed by atoms with Gasteiger partial charge in [-0.3, -0.25) is 4.79 Å². The molecule has 0 spiro atoms. The van der Waals surface area contributed by atoms with Crippen LogP contribution in [0.1, 0.15) is 21.6 Å². The molecule has 0 amide bonds. The van der Waals surface area contributed by atoms with Crippen LogP contribution in [0.5, 0.6) is 0 Å². The highest BCUT2D eigenvalue weighted by atomic mass is 35.5. The van der Waals surface area contributed by atoms with E-state index in [4.69, 9.17) is 16.9 Å². The quantitative estimate of drug-likeness (QED) is 0.626. The zero-order valence-electron chi connectivity index (χ0n) is 9.30. The van der Waals surface area contributed by atoms with Gasteiger partial charge in [-0.1, -0.05) is 12.1 Å². The van der Waals surface area contributed by atoms with Crippen LogP contribution in [0.2, 0.25) is 5.28 Å². The van der Waals surface area contributed by atoms with Gasteiger partial charge in [0, 0.05) is 11.8 Å². The van der Waals surface area contributed by atoms with E-state index in [0.717, 1.165) is 0 Å². The van der Waals surface area contributed by atoms with Crippen LogP contribution in [0, 0.1) is 11.3 Å². The second kappa shape index (κ2) is 5.39. The molecule has 18 heavy (non-hydrogen) atoms. The number of aromatic nitrogens is 2. The summed E-state index contributed by atoms with van der Waals surface area (Å²) < 4.78 is 0. The number of carbonyl (C=O) groups is 1. The van der Waals surface area contributed by atoms with E-state index in [9.17, 15) is 4.79 Å². The molecule has 4 nitrogen and oxygen atoms in total. The second-order valence-corrected chi connectivity index (χ2v) is 3.95.